The van der Waals surface area contributed by atoms with Crippen LogP contribution >= 0.6 is 23.2 Å². The van der Waals surface area contributed by atoms with Gasteiger partial charge in [-0.1, -0.05) is 30.1 Å². The van der Waals surface area contributed by atoms with Crippen molar-refractivity contribution in [3.8, 4) is 11.5 Å². The Kier molecular flexibility index (Phi) is 4.58. The second kappa shape index (κ2) is 6.18. The van der Waals surface area contributed by atoms with Crippen molar-refractivity contribution in [1.82, 2.24) is 20.3 Å². The van der Waals surface area contributed by atoms with Crippen LogP contribution < -0.4 is 5.32 Å². The van der Waals surface area contributed by atoms with Crippen LogP contribution in [0.15, 0.2) is 18.5 Å². The molecule has 0 fully saturated rings. The molecule has 2 heterocycles. The second-order valence-electron chi connectivity index (χ2n) is 3.92. The van der Waals surface area contributed by atoms with E-state index in [9.17, 15) is 0 Å². The molecule has 0 atom stereocenters. The van der Waals surface area contributed by atoms with Gasteiger partial charge in [-0.15, -0.1) is 0 Å². The van der Waals surface area contributed by atoms with Crippen molar-refractivity contribution in [2.24, 2.45) is 0 Å². The van der Waals surface area contributed by atoms with Gasteiger partial charge >= 0.3 is 0 Å². The van der Waals surface area contributed by atoms with Crippen molar-refractivity contribution < 1.29 is 0 Å². The number of pyridine rings is 1. The van der Waals surface area contributed by atoms with E-state index in [1.54, 1.807) is 18.5 Å². The summed E-state index contributed by atoms with van der Waals surface area (Å²) in [4.78, 5) is 11.6. The third kappa shape index (κ3) is 3.22. The lowest BCUT2D eigenvalue weighted by Crippen LogP contribution is -2.13. The van der Waals surface area contributed by atoms with Crippen molar-refractivity contribution in [1.29, 1.82) is 0 Å². The summed E-state index contributed by atoms with van der Waals surface area (Å²) in [6, 6.07) is 1.66. The van der Waals surface area contributed by atoms with Crippen LogP contribution in [-0.2, 0) is 6.54 Å². The van der Waals surface area contributed by atoms with E-state index in [1.165, 1.54) is 0 Å². The van der Waals surface area contributed by atoms with E-state index >= 15 is 0 Å². The molecule has 0 saturated heterocycles. The Balaban J connectivity index is 2.13. The Morgan fingerprint density at radius 1 is 1.28 bits per heavy atom. The Morgan fingerprint density at radius 2 is 2.11 bits per heavy atom. The lowest BCUT2D eigenvalue weighted by atomic mass is 10.3. The summed E-state index contributed by atoms with van der Waals surface area (Å²) in [5, 5.41) is 4.30. The quantitative estimate of drug-likeness (QED) is 0.829. The van der Waals surface area contributed by atoms with Gasteiger partial charge in [0, 0.05) is 18.4 Å². The summed E-state index contributed by atoms with van der Waals surface area (Å²) in [5.74, 6) is 0.657. The van der Waals surface area contributed by atoms with Crippen molar-refractivity contribution in [3.05, 3.63) is 34.2 Å². The van der Waals surface area contributed by atoms with Gasteiger partial charge in [-0.05, 0) is 19.0 Å². The van der Waals surface area contributed by atoms with Crippen molar-refractivity contribution in [2.75, 3.05) is 6.54 Å². The van der Waals surface area contributed by atoms with E-state index < -0.39 is 0 Å². The lowest BCUT2D eigenvalue weighted by molar-refractivity contribution is 0.666. The predicted molar refractivity (Wildman–Crippen MR) is 73.8 cm³/mol. The van der Waals surface area contributed by atoms with E-state index in [2.05, 4.69) is 27.2 Å². The summed E-state index contributed by atoms with van der Waals surface area (Å²) in [6.45, 7) is 3.86. The number of nitrogens with one attached hydrogen (secondary N) is 2. The first kappa shape index (κ1) is 13.3. The number of hydrogen-bond acceptors (Lipinski definition) is 3. The van der Waals surface area contributed by atoms with Crippen LogP contribution in [0.25, 0.3) is 11.5 Å². The third-order valence-electron chi connectivity index (χ3n) is 2.40. The first-order chi connectivity index (χ1) is 8.70. The molecule has 6 heteroatoms. The van der Waals surface area contributed by atoms with Crippen LogP contribution in [0.5, 0.6) is 0 Å². The van der Waals surface area contributed by atoms with E-state index in [-0.39, 0.29) is 0 Å². The summed E-state index contributed by atoms with van der Waals surface area (Å²) in [7, 11) is 0. The van der Waals surface area contributed by atoms with Crippen molar-refractivity contribution in [2.45, 2.75) is 19.9 Å². The fourth-order valence-electron chi connectivity index (χ4n) is 1.56. The Morgan fingerprint density at radius 3 is 2.83 bits per heavy atom. The van der Waals surface area contributed by atoms with Gasteiger partial charge in [0.2, 0.25) is 0 Å². The Hall–Kier alpha value is -1.10. The molecule has 0 aromatic carbocycles. The maximum absolute atomic E-state index is 6.08. The van der Waals surface area contributed by atoms with E-state index in [0.717, 1.165) is 25.2 Å². The molecule has 2 rings (SSSR count). The van der Waals surface area contributed by atoms with Crippen LogP contribution in [0.2, 0.25) is 10.0 Å². The molecule has 0 unspecified atom stereocenters. The molecular weight excluding hydrogens is 271 g/mol. The fourth-order valence-corrected chi connectivity index (χ4v) is 2.03. The first-order valence-corrected chi connectivity index (χ1v) is 6.52. The zero-order chi connectivity index (χ0) is 13.0. The number of halogens is 2. The molecule has 4 nitrogen and oxygen atoms in total. The number of rotatable bonds is 5. The van der Waals surface area contributed by atoms with Crippen LogP contribution in [0.1, 0.15) is 19.0 Å². The summed E-state index contributed by atoms with van der Waals surface area (Å²) in [5.41, 5.74) is 1.62. The number of nitrogens with zero attached hydrogens (tertiary/aromatic N) is 2. The maximum atomic E-state index is 6.08. The molecule has 0 amide bonds. The minimum atomic E-state index is 0.491. The largest absolute Gasteiger partial charge is 0.339 e. The molecule has 0 saturated carbocycles. The van der Waals surface area contributed by atoms with Gasteiger partial charge < -0.3 is 10.3 Å². The molecule has 96 valence electrons. The average Bonchev–Trinajstić information content (AvgIpc) is 2.78. The van der Waals surface area contributed by atoms with Gasteiger partial charge in [0.05, 0.1) is 16.2 Å². The van der Waals surface area contributed by atoms with Crippen LogP contribution in [-0.4, -0.2) is 21.5 Å². The number of aromatic amines is 1. The highest BCUT2D eigenvalue weighted by molar-refractivity contribution is 6.35. The highest BCUT2D eigenvalue weighted by atomic mass is 35.5. The number of hydrogen-bond donors (Lipinski definition) is 2. The predicted octanol–water partition coefficient (Wildman–Crippen LogP) is 3.28. The van der Waals surface area contributed by atoms with Crippen molar-refractivity contribution >= 4 is 23.2 Å². The lowest BCUT2D eigenvalue weighted by Gasteiger charge is -2.01. The van der Waals surface area contributed by atoms with E-state index in [0.29, 0.717) is 21.6 Å². The summed E-state index contributed by atoms with van der Waals surface area (Å²) < 4.78 is 0. The molecule has 2 aromatic rings. The number of H-pyrrole nitrogens is 1. The molecule has 0 aliphatic carbocycles. The van der Waals surface area contributed by atoms with Crippen LogP contribution in [0.3, 0.4) is 0 Å². The molecule has 2 N–H and O–H groups in total. The molecule has 0 spiro atoms. The van der Waals surface area contributed by atoms with E-state index in [1.807, 2.05) is 0 Å². The highest BCUT2D eigenvalue weighted by Crippen LogP contribution is 2.25. The van der Waals surface area contributed by atoms with Gasteiger partial charge in [0.15, 0.2) is 5.82 Å². The molecule has 0 aliphatic heterocycles. The Labute approximate surface area is 116 Å². The van der Waals surface area contributed by atoms with Crippen LogP contribution in [0, 0.1) is 0 Å². The average molecular weight is 285 g/mol. The van der Waals surface area contributed by atoms with Crippen molar-refractivity contribution in [3.63, 3.8) is 0 Å². The molecule has 0 bridgehead atoms. The van der Waals surface area contributed by atoms with Gasteiger partial charge in [-0.3, -0.25) is 0 Å². The highest BCUT2D eigenvalue weighted by Gasteiger charge is 2.09. The van der Waals surface area contributed by atoms with Gasteiger partial charge in [-0.25, -0.2) is 9.97 Å². The second-order valence-corrected chi connectivity index (χ2v) is 4.76. The summed E-state index contributed by atoms with van der Waals surface area (Å²) in [6.07, 6.45) is 4.44. The Bertz CT molecular complexity index is 525. The van der Waals surface area contributed by atoms with Crippen LogP contribution in [0.4, 0.5) is 0 Å². The molecular formula is C12H14Cl2N4. The summed E-state index contributed by atoms with van der Waals surface area (Å²) >= 11 is 11.9. The normalized spacial score (nSPS) is 10.8. The zero-order valence-electron chi connectivity index (χ0n) is 10.0. The van der Waals surface area contributed by atoms with Gasteiger partial charge in [0.25, 0.3) is 0 Å². The SMILES string of the molecule is CCCNCc1cnc(-c2ncc(Cl)cc2Cl)[nH]1. The first-order valence-electron chi connectivity index (χ1n) is 5.76. The minimum absolute atomic E-state index is 0.491. The monoisotopic (exact) mass is 284 g/mol. The topological polar surface area (TPSA) is 53.6 Å². The smallest absolute Gasteiger partial charge is 0.157 e. The molecule has 2 aromatic heterocycles. The third-order valence-corrected chi connectivity index (χ3v) is 2.90. The fraction of sp³-hybridized carbons (Fsp3) is 0.333. The number of imidazole rings is 1. The van der Waals surface area contributed by atoms with Gasteiger partial charge in [-0.2, -0.15) is 0 Å². The molecule has 0 aliphatic rings. The minimum Gasteiger partial charge on any atom is -0.339 e. The van der Waals surface area contributed by atoms with E-state index in [4.69, 9.17) is 23.2 Å². The standard InChI is InChI=1S/C12H14Cl2N4/c1-2-3-15-6-9-7-17-12(18-9)11-10(14)4-8(13)5-16-11/h4-5,7,15H,2-3,6H2,1H3,(H,17,18). The maximum Gasteiger partial charge on any atom is 0.157 e. The van der Waals surface area contributed by atoms with Gasteiger partial charge in [0.1, 0.15) is 5.69 Å². The molecule has 18 heavy (non-hydrogen) atoms. The zero-order valence-corrected chi connectivity index (χ0v) is 11.5. The number of aromatic nitrogens is 3. The molecule has 0 radical (unpaired) electrons.